The maximum absolute atomic E-state index is 13.5. The van der Waals surface area contributed by atoms with Gasteiger partial charge in [0.2, 0.25) is 0 Å². The van der Waals surface area contributed by atoms with Crippen LogP contribution in [0.2, 0.25) is 0 Å². The van der Waals surface area contributed by atoms with Crippen LogP contribution in [0.25, 0.3) is 0 Å². The lowest BCUT2D eigenvalue weighted by Gasteiger charge is -2.35. The largest absolute Gasteiger partial charge is 0.405 e. The molecular formula is C14H18ClF4N3O. The molecule has 1 amide bonds. The molecule has 0 spiro atoms. The van der Waals surface area contributed by atoms with E-state index in [2.05, 4.69) is 10.6 Å². The number of amides is 1. The van der Waals surface area contributed by atoms with Crippen molar-refractivity contribution in [2.24, 2.45) is 0 Å². The van der Waals surface area contributed by atoms with Crippen LogP contribution in [0.4, 0.5) is 17.6 Å². The minimum Gasteiger partial charge on any atom is -0.350 e. The van der Waals surface area contributed by atoms with Crippen LogP contribution in [0.5, 0.6) is 0 Å². The molecule has 1 fully saturated rings. The van der Waals surface area contributed by atoms with Gasteiger partial charge in [0, 0.05) is 32.7 Å². The summed E-state index contributed by atoms with van der Waals surface area (Å²) in [7, 11) is 0. The Balaban J connectivity index is 0.00000264. The Labute approximate surface area is 137 Å². The van der Waals surface area contributed by atoms with Gasteiger partial charge in [0.05, 0.1) is 5.56 Å². The quantitative estimate of drug-likeness (QED) is 0.810. The highest BCUT2D eigenvalue weighted by Crippen LogP contribution is 2.24. The molecule has 0 bridgehead atoms. The maximum Gasteiger partial charge on any atom is 0.405 e. The van der Waals surface area contributed by atoms with Crippen LogP contribution in [-0.2, 0) is 0 Å². The van der Waals surface area contributed by atoms with Gasteiger partial charge in [-0.2, -0.15) is 13.2 Å². The molecule has 1 aliphatic heterocycles. The zero-order valence-corrected chi connectivity index (χ0v) is 13.0. The Hall–Kier alpha value is -1.38. The van der Waals surface area contributed by atoms with E-state index < -0.39 is 30.5 Å². The van der Waals surface area contributed by atoms with Crippen molar-refractivity contribution in [1.29, 1.82) is 0 Å². The molecule has 1 aromatic carbocycles. The molecule has 1 aromatic rings. The van der Waals surface area contributed by atoms with Gasteiger partial charge < -0.3 is 10.6 Å². The lowest BCUT2D eigenvalue weighted by atomic mass is 10.1. The summed E-state index contributed by atoms with van der Waals surface area (Å²) in [5.41, 5.74) is -0.260. The van der Waals surface area contributed by atoms with Gasteiger partial charge in [-0.1, -0.05) is 12.1 Å². The average molecular weight is 356 g/mol. The zero-order chi connectivity index (χ0) is 16.2. The molecule has 0 aliphatic carbocycles. The number of carbonyl (C=O) groups excluding carboxylic acids is 1. The number of nitrogens with one attached hydrogen (secondary N) is 2. The molecule has 2 rings (SSSR count). The molecule has 1 aliphatic rings. The van der Waals surface area contributed by atoms with Gasteiger partial charge in [0.1, 0.15) is 11.9 Å². The fourth-order valence-corrected chi connectivity index (χ4v) is 2.38. The fourth-order valence-electron chi connectivity index (χ4n) is 2.38. The Kier molecular flexibility index (Phi) is 7.24. The Morgan fingerprint density at radius 3 is 2.43 bits per heavy atom. The molecule has 23 heavy (non-hydrogen) atoms. The lowest BCUT2D eigenvalue weighted by Crippen LogP contribution is -2.57. The van der Waals surface area contributed by atoms with Crippen molar-refractivity contribution in [3.63, 3.8) is 0 Å². The number of benzene rings is 1. The summed E-state index contributed by atoms with van der Waals surface area (Å²) >= 11 is 0. The Morgan fingerprint density at radius 2 is 1.87 bits per heavy atom. The summed E-state index contributed by atoms with van der Waals surface area (Å²) in [5, 5.41) is 5.16. The lowest BCUT2D eigenvalue weighted by molar-refractivity contribution is -0.183. The van der Waals surface area contributed by atoms with E-state index >= 15 is 0 Å². The first-order chi connectivity index (χ1) is 10.4. The van der Waals surface area contributed by atoms with Gasteiger partial charge in [-0.25, -0.2) is 4.39 Å². The first-order valence-corrected chi connectivity index (χ1v) is 6.94. The second-order valence-corrected chi connectivity index (χ2v) is 5.03. The van der Waals surface area contributed by atoms with Crippen molar-refractivity contribution in [2.45, 2.75) is 12.2 Å². The third-order valence-electron chi connectivity index (χ3n) is 3.54. The fraction of sp³-hybridized carbons (Fsp3) is 0.500. The predicted octanol–water partition coefficient (Wildman–Crippen LogP) is 1.81. The highest BCUT2D eigenvalue weighted by Gasteiger charge is 2.43. The summed E-state index contributed by atoms with van der Waals surface area (Å²) in [6, 6.07) is 3.41. The van der Waals surface area contributed by atoms with Crippen molar-refractivity contribution >= 4 is 18.3 Å². The van der Waals surface area contributed by atoms with E-state index in [-0.39, 0.29) is 31.1 Å². The van der Waals surface area contributed by atoms with Gasteiger partial charge in [-0.15, -0.1) is 12.4 Å². The van der Waals surface area contributed by atoms with Crippen molar-refractivity contribution in [2.75, 3.05) is 32.7 Å². The molecule has 0 radical (unpaired) electrons. The topological polar surface area (TPSA) is 44.4 Å². The van der Waals surface area contributed by atoms with Crippen LogP contribution >= 0.6 is 12.4 Å². The SMILES string of the molecule is Cl.O=C(NCC(N1CCNCC1)C(F)(F)F)c1ccccc1F. The minimum absolute atomic E-state index is 0. The van der Waals surface area contributed by atoms with E-state index in [1.807, 2.05) is 0 Å². The smallest absolute Gasteiger partial charge is 0.350 e. The molecule has 2 N–H and O–H groups in total. The number of alkyl halides is 3. The van der Waals surface area contributed by atoms with Crippen LogP contribution in [0, 0.1) is 5.82 Å². The van der Waals surface area contributed by atoms with Crippen LogP contribution in [0.15, 0.2) is 24.3 Å². The normalized spacial score (nSPS) is 17.2. The summed E-state index contributed by atoms with van der Waals surface area (Å²) < 4.78 is 52.9. The number of halogens is 5. The summed E-state index contributed by atoms with van der Waals surface area (Å²) in [4.78, 5) is 13.1. The van der Waals surface area contributed by atoms with Crippen LogP contribution < -0.4 is 10.6 Å². The second-order valence-electron chi connectivity index (χ2n) is 5.03. The van der Waals surface area contributed by atoms with Gasteiger partial charge in [0.25, 0.3) is 5.91 Å². The molecule has 4 nitrogen and oxygen atoms in total. The number of hydrogen-bond donors (Lipinski definition) is 2. The van der Waals surface area contributed by atoms with E-state index in [0.29, 0.717) is 13.1 Å². The van der Waals surface area contributed by atoms with Gasteiger partial charge in [-0.05, 0) is 12.1 Å². The van der Waals surface area contributed by atoms with Gasteiger partial charge in [-0.3, -0.25) is 9.69 Å². The van der Waals surface area contributed by atoms with Crippen molar-refractivity contribution in [1.82, 2.24) is 15.5 Å². The van der Waals surface area contributed by atoms with Crippen LogP contribution in [0.3, 0.4) is 0 Å². The molecule has 0 saturated carbocycles. The molecular weight excluding hydrogens is 338 g/mol. The third kappa shape index (κ3) is 5.33. The summed E-state index contributed by atoms with van der Waals surface area (Å²) in [6.45, 7) is 0.831. The minimum atomic E-state index is -4.46. The predicted molar refractivity (Wildman–Crippen MR) is 80.3 cm³/mol. The zero-order valence-electron chi connectivity index (χ0n) is 12.2. The Bertz CT molecular complexity index is 521. The molecule has 1 atom stereocenters. The number of rotatable bonds is 4. The van der Waals surface area contributed by atoms with Crippen molar-refractivity contribution in [3.8, 4) is 0 Å². The van der Waals surface area contributed by atoms with E-state index in [1.54, 1.807) is 0 Å². The van der Waals surface area contributed by atoms with E-state index in [1.165, 1.54) is 23.1 Å². The van der Waals surface area contributed by atoms with E-state index in [0.717, 1.165) is 6.07 Å². The highest BCUT2D eigenvalue weighted by molar-refractivity contribution is 5.94. The number of hydrogen-bond acceptors (Lipinski definition) is 3. The van der Waals surface area contributed by atoms with Crippen molar-refractivity contribution < 1.29 is 22.4 Å². The summed E-state index contributed by atoms with van der Waals surface area (Å²) in [5.74, 6) is -1.60. The van der Waals surface area contributed by atoms with E-state index in [9.17, 15) is 22.4 Å². The average Bonchev–Trinajstić information content (AvgIpc) is 2.47. The first kappa shape index (κ1) is 19.7. The Morgan fingerprint density at radius 1 is 1.26 bits per heavy atom. The molecule has 1 saturated heterocycles. The molecule has 1 heterocycles. The molecule has 1 unspecified atom stereocenters. The second kappa shape index (κ2) is 8.47. The number of nitrogens with zero attached hydrogens (tertiary/aromatic N) is 1. The van der Waals surface area contributed by atoms with Crippen LogP contribution in [-0.4, -0.2) is 55.7 Å². The van der Waals surface area contributed by atoms with Gasteiger partial charge in [0.15, 0.2) is 0 Å². The molecule has 0 aromatic heterocycles. The molecule has 130 valence electrons. The third-order valence-corrected chi connectivity index (χ3v) is 3.54. The van der Waals surface area contributed by atoms with Crippen LogP contribution in [0.1, 0.15) is 10.4 Å². The first-order valence-electron chi connectivity index (χ1n) is 6.94. The standard InChI is InChI=1S/C14H17F4N3O.ClH/c15-11-4-2-1-3-10(11)13(22)20-9-12(14(16,17)18)21-7-5-19-6-8-21;/h1-4,12,19H,5-9H2,(H,20,22);1H. The monoisotopic (exact) mass is 355 g/mol. The maximum atomic E-state index is 13.5. The number of piperazine rings is 1. The molecule has 9 heteroatoms. The van der Waals surface area contributed by atoms with Gasteiger partial charge >= 0.3 is 6.18 Å². The van der Waals surface area contributed by atoms with E-state index in [4.69, 9.17) is 0 Å². The highest BCUT2D eigenvalue weighted by atomic mass is 35.5. The van der Waals surface area contributed by atoms with Crippen molar-refractivity contribution in [3.05, 3.63) is 35.6 Å². The number of carbonyl (C=O) groups is 1. The summed E-state index contributed by atoms with van der Waals surface area (Å²) in [6.07, 6.45) is -4.46.